The van der Waals surface area contributed by atoms with Gasteiger partial charge in [-0.2, -0.15) is 5.10 Å². The Hall–Kier alpha value is -0.540. The van der Waals surface area contributed by atoms with Gasteiger partial charge in [-0.1, -0.05) is 25.4 Å². The van der Waals surface area contributed by atoms with Crippen LogP contribution in [0.15, 0.2) is 0 Å². The van der Waals surface area contributed by atoms with Gasteiger partial charge in [-0.05, 0) is 44.1 Å². The van der Waals surface area contributed by atoms with Gasteiger partial charge in [0.15, 0.2) is 0 Å². The van der Waals surface area contributed by atoms with E-state index >= 15 is 0 Å². The van der Waals surface area contributed by atoms with Crippen LogP contribution in [0.25, 0.3) is 0 Å². The van der Waals surface area contributed by atoms with Crippen LogP contribution < -0.4 is 5.32 Å². The molecular formula is C14H24ClN3. The molecule has 0 spiro atoms. The maximum Gasteiger partial charge on any atom is 0.130 e. The summed E-state index contributed by atoms with van der Waals surface area (Å²) in [6, 6.07) is 0. The van der Waals surface area contributed by atoms with Crippen molar-refractivity contribution in [3.8, 4) is 0 Å². The lowest BCUT2D eigenvalue weighted by molar-refractivity contribution is 0.257. The highest BCUT2D eigenvalue weighted by atomic mass is 35.5. The van der Waals surface area contributed by atoms with Crippen molar-refractivity contribution < 1.29 is 0 Å². The van der Waals surface area contributed by atoms with Gasteiger partial charge in [-0.3, -0.25) is 4.68 Å². The molecule has 3 nitrogen and oxygen atoms in total. The fraction of sp³-hybridized carbons (Fsp3) is 0.786. The predicted octanol–water partition coefficient (Wildman–Crippen LogP) is 2.95. The number of nitrogens with one attached hydrogen (secondary N) is 1. The Morgan fingerprint density at radius 2 is 2.17 bits per heavy atom. The molecular weight excluding hydrogens is 246 g/mol. The van der Waals surface area contributed by atoms with E-state index in [1.54, 1.807) is 4.68 Å². The monoisotopic (exact) mass is 269 g/mol. The summed E-state index contributed by atoms with van der Waals surface area (Å²) < 4.78 is 1.78. The third kappa shape index (κ3) is 2.72. The van der Waals surface area contributed by atoms with Crippen molar-refractivity contribution in [2.45, 2.75) is 40.0 Å². The van der Waals surface area contributed by atoms with Gasteiger partial charge in [0, 0.05) is 19.2 Å². The number of hydrogen-bond acceptors (Lipinski definition) is 2. The maximum atomic E-state index is 6.36. The fourth-order valence-electron chi connectivity index (χ4n) is 2.82. The van der Waals surface area contributed by atoms with Crippen molar-refractivity contribution >= 4 is 11.6 Å². The summed E-state index contributed by atoms with van der Waals surface area (Å²) in [7, 11) is 1.91. The molecule has 0 aliphatic heterocycles. The first-order valence-corrected chi connectivity index (χ1v) is 7.24. The van der Waals surface area contributed by atoms with Gasteiger partial charge in [0.05, 0.1) is 5.69 Å². The van der Waals surface area contributed by atoms with Gasteiger partial charge < -0.3 is 5.32 Å². The summed E-state index contributed by atoms with van der Waals surface area (Å²) in [6.45, 7) is 8.70. The highest BCUT2D eigenvalue weighted by molar-refractivity contribution is 6.30. The second kappa shape index (κ2) is 5.22. The maximum absolute atomic E-state index is 6.36. The molecule has 1 N–H and O–H groups in total. The predicted molar refractivity (Wildman–Crippen MR) is 76.0 cm³/mol. The summed E-state index contributed by atoms with van der Waals surface area (Å²) in [5.41, 5.74) is 2.62. The summed E-state index contributed by atoms with van der Waals surface area (Å²) in [6.07, 6.45) is 3.75. The van der Waals surface area contributed by atoms with Crippen molar-refractivity contribution in [3.05, 3.63) is 16.4 Å². The average molecular weight is 270 g/mol. The van der Waals surface area contributed by atoms with Gasteiger partial charge in [-0.25, -0.2) is 0 Å². The smallest absolute Gasteiger partial charge is 0.130 e. The molecule has 1 aliphatic rings. The molecule has 1 saturated carbocycles. The summed E-state index contributed by atoms with van der Waals surface area (Å²) in [5, 5.41) is 8.73. The van der Waals surface area contributed by atoms with E-state index in [1.165, 1.54) is 18.4 Å². The topological polar surface area (TPSA) is 29.9 Å². The van der Waals surface area contributed by atoms with Crippen LogP contribution >= 0.6 is 11.6 Å². The second-order valence-electron chi connectivity index (χ2n) is 5.86. The number of aromatic nitrogens is 2. The van der Waals surface area contributed by atoms with E-state index in [2.05, 4.69) is 31.2 Å². The second-order valence-corrected chi connectivity index (χ2v) is 6.22. The standard InChI is InChI=1S/C14H24ClN3/c1-5-16-9-14(3,11-6-7-11)8-12-10(2)17-18(4)13(12)15/h11,16H,5-9H2,1-4H3. The van der Waals surface area contributed by atoms with E-state index in [1.807, 2.05) is 7.05 Å². The summed E-state index contributed by atoms with van der Waals surface area (Å²) in [4.78, 5) is 0. The van der Waals surface area contributed by atoms with E-state index in [4.69, 9.17) is 11.6 Å². The molecule has 1 aromatic rings. The number of halogens is 1. The van der Waals surface area contributed by atoms with Crippen LogP contribution in [0.1, 0.15) is 37.9 Å². The normalized spacial score (nSPS) is 18.9. The first kappa shape index (κ1) is 13.9. The average Bonchev–Trinajstić information content (AvgIpc) is 3.13. The van der Waals surface area contributed by atoms with E-state index < -0.39 is 0 Å². The number of nitrogens with zero attached hydrogens (tertiary/aromatic N) is 2. The third-order valence-corrected chi connectivity index (χ3v) is 4.67. The molecule has 2 rings (SSSR count). The Bertz CT molecular complexity index is 423. The van der Waals surface area contributed by atoms with E-state index in [-0.39, 0.29) is 0 Å². The molecule has 0 saturated heterocycles. The van der Waals surface area contributed by atoms with Gasteiger partial charge >= 0.3 is 0 Å². The van der Waals surface area contributed by atoms with E-state index in [0.29, 0.717) is 5.41 Å². The van der Waals surface area contributed by atoms with Crippen molar-refractivity contribution in [1.29, 1.82) is 0 Å². The molecule has 1 atom stereocenters. The molecule has 102 valence electrons. The van der Waals surface area contributed by atoms with Gasteiger partial charge in [0.25, 0.3) is 0 Å². The summed E-state index contributed by atoms with van der Waals surface area (Å²) in [5.74, 6) is 0.840. The SMILES string of the molecule is CCNCC(C)(Cc1c(C)nn(C)c1Cl)C1CC1. The van der Waals surface area contributed by atoms with Crippen molar-refractivity contribution in [2.75, 3.05) is 13.1 Å². The van der Waals surface area contributed by atoms with Crippen LogP contribution in [0, 0.1) is 18.3 Å². The lowest BCUT2D eigenvalue weighted by Gasteiger charge is -2.30. The third-order valence-electron chi connectivity index (χ3n) is 4.19. The Balaban J connectivity index is 2.17. The number of aryl methyl sites for hydroxylation is 2. The molecule has 1 aromatic heterocycles. The van der Waals surface area contributed by atoms with Crippen LogP contribution in [0.3, 0.4) is 0 Å². The quantitative estimate of drug-likeness (QED) is 0.861. The zero-order valence-electron chi connectivity index (χ0n) is 11.9. The van der Waals surface area contributed by atoms with Crippen molar-refractivity contribution in [2.24, 2.45) is 18.4 Å². The number of hydrogen-bond donors (Lipinski definition) is 1. The molecule has 0 amide bonds. The van der Waals surface area contributed by atoms with E-state index in [9.17, 15) is 0 Å². The lowest BCUT2D eigenvalue weighted by Crippen LogP contribution is -2.35. The van der Waals surface area contributed by atoms with Crippen LogP contribution in [-0.2, 0) is 13.5 Å². The zero-order chi connectivity index (χ0) is 13.3. The molecule has 0 bridgehead atoms. The molecule has 1 unspecified atom stereocenters. The Kier molecular flexibility index (Phi) is 4.02. The Labute approximate surface area is 115 Å². The molecule has 18 heavy (non-hydrogen) atoms. The molecule has 1 fully saturated rings. The molecule has 0 radical (unpaired) electrons. The first-order chi connectivity index (χ1) is 8.48. The van der Waals surface area contributed by atoms with Gasteiger partial charge in [0.1, 0.15) is 5.15 Å². The van der Waals surface area contributed by atoms with Crippen LogP contribution in [0.2, 0.25) is 5.15 Å². The molecule has 0 aromatic carbocycles. The highest BCUT2D eigenvalue weighted by Crippen LogP contribution is 2.47. The van der Waals surface area contributed by atoms with Gasteiger partial charge in [-0.15, -0.1) is 0 Å². The minimum Gasteiger partial charge on any atom is -0.316 e. The first-order valence-electron chi connectivity index (χ1n) is 6.86. The Morgan fingerprint density at radius 1 is 1.50 bits per heavy atom. The zero-order valence-corrected chi connectivity index (χ0v) is 12.6. The lowest BCUT2D eigenvalue weighted by atomic mass is 9.79. The molecule has 4 heteroatoms. The van der Waals surface area contributed by atoms with Crippen LogP contribution in [-0.4, -0.2) is 22.9 Å². The molecule has 1 heterocycles. The molecule has 1 aliphatic carbocycles. The minimum absolute atomic E-state index is 0.313. The Morgan fingerprint density at radius 3 is 2.61 bits per heavy atom. The highest BCUT2D eigenvalue weighted by Gasteiger charge is 2.42. The minimum atomic E-state index is 0.313. The van der Waals surface area contributed by atoms with Gasteiger partial charge in [0.2, 0.25) is 0 Å². The summed E-state index contributed by atoms with van der Waals surface area (Å²) >= 11 is 6.36. The van der Waals surface area contributed by atoms with Crippen molar-refractivity contribution in [1.82, 2.24) is 15.1 Å². The van der Waals surface area contributed by atoms with Crippen molar-refractivity contribution in [3.63, 3.8) is 0 Å². The number of rotatable bonds is 6. The van der Waals surface area contributed by atoms with Crippen LogP contribution in [0.5, 0.6) is 0 Å². The van der Waals surface area contributed by atoms with E-state index in [0.717, 1.165) is 36.3 Å². The fourth-order valence-corrected chi connectivity index (χ4v) is 3.06. The van der Waals surface area contributed by atoms with Crippen LogP contribution in [0.4, 0.5) is 0 Å². The largest absolute Gasteiger partial charge is 0.316 e.